The molecule has 3 fully saturated rings. The van der Waals surface area contributed by atoms with Gasteiger partial charge in [0.25, 0.3) is 0 Å². The monoisotopic (exact) mass is 404 g/mol. The number of carbonyl (C=O) groups excluding carboxylic acids is 1. The van der Waals surface area contributed by atoms with E-state index in [1.54, 1.807) is 15.6 Å². The van der Waals surface area contributed by atoms with E-state index in [0.717, 1.165) is 35.4 Å². The van der Waals surface area contributed by atoms with Gasteiger partial charge < -0.3 is 9.64 Å². The van der Waals surface area contributed by atoms with Crippen LogP contribution in [0, 0.1) is 17.2 Å². The van der Waals surface area contributed by atoms with E-state index < -0.39 is 5.92 Å². The Morgan fingerprint density at radius 1 is 1.13 bits per heavy atom. The molecule has 8 heteroatoms. The van der Waals surface area contributed by atoms with E-state index in [0.29, 0.717) is 19.6 Å². The largest absolute Gasteiger partial charge is 0.379 e. The van der Waals surface area contributed by atoms with Crippen molar-refractivity contribution in [2.24, 2.45) is 5.92 Å². The molecule has 154 valence electrons. The minimum atomic E-state index is -0.556. The summed E-state index contributed by atoms with van der Waals surface area (Å²) in [5.41, 5.74) is 3.62. The lowest BCUT2D eigenvalue weighted by molar-refractivity contribution is -0.118. The highest BCUT2D eigenvalue weighted by atomic mass is 16.5. The van der Waals surface area contributed by atoms with Crippen LogP contribution in [0.4, 0.5) is 5.69 Å². The van der Waals surface area contributed by atoms with Gasteiger partial charge in [0.15, 0.2) is 0 Å². The number of hydrogen-bond acceptors (Lipinski definition) is 5. The maximum Gasteiger partial charge on any atom is 0.244 e. The third kappa shape index (κ3) is 3.57. The molecule has 0 N–H and O–H groups in total. The summed E-state index contributed by atoms with van der Waals surface area (Å²) in [6.45, 7) is 2.02. The summed E-state index contributed by atoms with van der Waals surface area (Å²) in [6, 6.07) is 6.22. The summed E-state index contributed by atoms with van der Waals surface area (Å²) in [7, 11) is 0. The molecular weight excluding hydrogens is 380 g/mol. The maximum absolute atomic E-state index is 12.5. The zero-order valence-electron chi connectivity index (χ0n) is 16.8. The number of nitriles is 1. The van der Waals surface area contributed by atoms with Crippen LogP contribution in [0.25, 0.3) is 16.6 Å². The van der Waals surface area contributed by atoms with Crippen molar-refractivity contribution in [2.75, 3.05) is 24.7 Å². The van der Waals surface area contributed by atoms with Gasteiger partial charge in [-0.05, 0) is 25.0 Å². The van der Waals surface area contributed by atoms with Crippen LogP contribution in [0.1, 0.15) is 38.1 Å². The summed E-state index contributed by atoms with van der Waals surface area (Å²) in [5.74, 6) is -0.693. The fourth-order valence-electron chi connectivity index (χ4n) is 3.84. The minimum Gasteiger partial charge on any atom is -0.379 e. The molecule has 0 radical (unpaired) electrons. The van der Waals surface area contributed by atoms with Crippen molar-refractivity contribution >= 4 is 17.1 Å². The van der Waals surface area contributed by atoms with Crippen molar-refractivity contribution in [1.29, 1.82) is 5.26 Å². The predicted octanol–water partition coefficient (Wildman–Crippen LogP) is 3.21. The number of nitrogens with zero attached hydrogens (tertiary/aromatic N) is 6. The Hall–Kier alpha value is -3.18. The van der Waals surface area contributed by atoms with Crippen LogP contribution in [0.15, 0.2) is 36.9 Å². The van der Waals surface area contributed by atoms with Crippen molar-refractivity contribution in [3.63, 3.8) is 0 Å². The molecule has 0 spiro atoms. The Morgan fingerprint density at radius 3 is 2.70 bits per heavy atom. The second kappa shape index (κ2) is 7.92. The van der Waals surface area contributed by atoms with Crippen LogP contribution >= 0.6 is 0 Å². The van der Waals surface area contributed by atoms with Crippen molar-refractivity contribution in [3.8, 4) is 17.2 Å². The van der Waals surface area contributed by atoms with Crippen molar-refractivity contribution < 1.29 is 9.53 Å². The SMILES string of the molecule is C1CC1.N#CC1CCN(c2ccnn3cc(-c4cnn(C5CCOC5)c4)cc23)C1=O. The number of anilines is 1. The molecule has 8 nitrogen and oxygen atoms in total. The van der Waals surface area contributed by atoms with Crippen LogP contribution in [0.2, 0.25) is 0 Å². The highest BCUT2D eigenvalue weighted by Gasteiger charge is 2.33. The van der Waals surface area contributed by atoms with E-state index in [9.17, 15) is 4.79 Å². The third-order valence-corrected chi connectivity index (χ3v) is 5.71. The van der Waals surface area contributed by atoms with Gasteiger partial charge >= 0.3 is 0 Å². The molecule has 3 aliphatic rings. The fraction of sp³-hybridized carbons (Fsp3) is 0.455. The van der Waals surface area contributed by atoms with Crippen LogP contribution in [0.3, 0.4) is 0 Å². The highest BCUT2D eigenvalue weighted by Crippen LogP contribution is 2.32. The number of hydrogen-bond donors (Lipinski definition) is 0. The van der Waals surface area contributed by atoms with E-state index in [4.69, 9.17) is 10.00 Å². The van der Waals surface area contributed by atoms with Gasteiger partial charge in [-0.3, -0.25) is 9.48 Å². The molecule has 3 aromatic heterocycles. The van der Waals surface area contributed by atoms with Gasteiger partial charge in [-0.25, -0.2) is 4.52 Å². The van der Waals surface area contributed by atoms with Gasteiger partial charge in [-0.2, -0.15) is 15.5 Å². The van der Waals surface area contributed by atoms with Gasteiger partial charge in [0.1, 0.15) is 5.92 Å². The smallest absolute Gasteiger partial charge is 0.244 e. The van der Waals surface area contributed by atoms with Crippen LogP contribution in [-0.2, 0) is 9.53 Å². The Bertz CT molecular complexity index is 1100. The lowest BCUT2D eigenvalue weighted by Crippen LogP contribution is -2.27. The van der Waals surface area contributed by atoms with E-state index in [1.807, 2.05) is 35.4 Å². The Kier molecular flexibility index (Phi) is 4.97. The number of fused-ring (bicyclic) bond motifs is 1. The second-order valence-electron chi connectivity index (χ2n) is 8.02. The summed E-state index contributed by atoms with van der Waals surface area (Å²) >= 11 is 0. The number of ether oxygens (including phenoxy) is 1. The summed E-state index contributed by atoms with van der Waals surface area (Å²) < 4.78 is 9.17. The number of aromatic nitrogens is 4. The molecule has 1 saturated carbocycles. The van der Waals surface area contributed by atoms with Crippen molar-refractivity contribution in [3.05, 3.63) is 36.9 Å². The first kappa shape index (κ1) is 18.8. The summed E-state index contributed by atoms with van der Waals surface area (Å²) in [6.07, 6.45) is 13.5. The van der Waals surface area contributed by atoms with Crippen molar-refractivity contribution in [2.45, 2.75) is 38.1 Å². The quantitative estimate of drug-likeness (QED) is 0.669. The van der Waals surface area contributed by atoms with E-state index in [2.05, 4.69) is 16.3 Å². The predicted molar refractivity (Wildman–Crippen MR) is 111 cm³/mol. The van der Waals surface area contributed by atoms with E-state index in [1.165, 1.54) is 19.3 Å². The van der Waals surface area contributed by atoms with Crippen LogP contribution in [0.5, 0.6) is 0 Å². The summed E-state index contributed by atoms with van der Waals surface area (Å²) in [5, 5.41) is 18.0. The van der Waals surface area contributed by atoms with Crippen molar-refractivity contribution in [1.82, 2.24) is 19.4 Å². The first-order valence-corrected chi connectivity index (χ1v) is 10.6. The molecule has 3 aromatic rings. The normalized spacial score (nSPS) is 22.8. The van der Waals surface area contributed by atoms with Crippen LogP contribution < -0.4 is 4.90 Å². The zero-order chi connectivity index (χ0) is 20.5. The molecule has 2 atom stereocenters. The fourth-order valence-corrected chi connectivity index (χ4v) is 3.84. The second-order valence-corrected chi connectivity index (χ2v) is 8.02. The Morgan fingerprint density at radius 2 is 2.00 bits per heavy atom. The van der Waals surface area contributed by atoms with Gasteiger partial charge in [0, 0.05) is 42.9 Å². The minimum absolute atomic E-state index is 0.137. The average Bonchev–Trinajstić information content (AvgIpc) is 3.19. The molecule has 30 heavy (non-hydrogen) atoms. The molecule has 6 rings (SSSR count). The first-order chi connectivity index (χ1) is 14.7. The molecule has 0 aromatic carbocycles. The topological polar surface area (TPSA) is 88.4 Å². The molecule has 2 saturated heterocycles. The number of rotatable bonds is 3. The standard InChI is InChI=1S/C19H18N6O2.C3H6/c20-8-13-2-5-23(19(13)26)17-1-4-21-25-10-14(7-18(17)25)15-9-22-24(11-15)16-3-6-27-12-16;1-2-3-1/h1,4,7,9-11,13,16H,2-3,5-6,12H2;1-3H2. The van der Waals surface area contributed by atoms with Gasteiger partial charge in [0.05, 0.1) is 36.1 Å². The number of amides is 1. The molecule has 5 heterocycles. The molecular formula is C22H24N6O2. The van der Waals surface area contributed by atoms with E-state index in [-0.39, 0.29) is 11.9 Å². The first-order valence-electron chi connectivity index (χ1n) is 10.6. The summed E-state index contributed by atoms with van der Waals surface area (Å²) in [4.78, 5) is 14.1. The average molecular weight is 404 g/mol. The van der Waals surface area contributed by atoms with Gasteiger partial charge in [0.2, 0.25) is 5.91 Å². The molecule has 2 unspecified atom stereocenters. The molecule has 2 aliphatic heterocycles. The molecule has 1 aliphatic carbocycles. The number of carbonyl (C=O) groups is 1. The third-order valence-electron chi connectivity index (χ3n) is 5.71. The Labute approximate surface area is 174 Å². The molecule has 0 bridgehead atoms. The Balaban J connectivity index is 0.000000592. The zero-order valence-corrected chi connectivity index (χ0v) is 16.8. The van der Waals surface area contributed by atoms with Gasteiger partial charge in [-0.1, -0.05) is 19.3 Å². The molecule has 1 amide bonds. The van der Waals surface area contributed by atoms with Gasteiger partial charge in [-0.15, -0.1) is 0 Å². The lowest BCUT2D eigenvalue weighted by Gasteiger charge is -2.16. The lowest BCUT2D eigenvalue weighted by atomic mass is 10.1. The van der Waals surface area contributed by atoms with E-state index >= 15 is 0 Å². The highest BCUT2D eigenvalue weighted by molar-refractivity contribution is 6.02. The maximum atomic E-state index is 12.5. The van der Waals surface area contributed by atoms with Crippen LogP contribution in [-0.4, -0.2) is 45.1 Å².